The number of rotatable bonds is 6. The molecule has 112 valence electrons. The Balaban J connectivity index is 2.17. The van der Waals surface area contributed by atoms with E-state index in [1.165, 1.54) is 0 Å². The maximum atomic E-state index is 5.83. The van der Waals surface area contributed by atoms with Gasteiger partial charge in [-0.05, 0) is 38.1 Å². The van der Waals surface area contributed by atoms with E-state index in [1.807, 2.05) is 36.7 Å². The number of nitrogens with zero attached hydrogens (tertiary/aromatic N) is 2. The summed E-state index contributed by atoms with van der Waals surface area (Å²) in [6, 6.07) is 7.43. The molecule has 21 heavy (non-hydrogen) atoms. The molecule has 0 saturated carbocycles. The van der Waals surface area contributed by atoms with Gasteiger partial charge in [-0.15, -0.1) is 0 Å². The van der Waals surface area contributed by atoms with E-state index in [-0.39, 0.29) is 0 Å². The third kappa shape index (κ3) is 3.52. The highest BCUT2D eigenvalue weighted by atomic mass is 32.1. The van der Waals surface area contributed by atoms with Crippen molar-refractivity contribution in [2.45, 2.75) is 27.0 Å². The molecule has 0 radical (unpaired) electrons. The summed E-state index contributed by atoms with van der Waals surface area (Å²) in [4.78, 5) is 0.333. The molecule has 0 spiro atoms. The van der Waals surface area contributed by atoms with Crippen molar-refractivity contribution in [2.75, 3.05) is 7.11 Å². The molecule has 2 N–H and O–H groups in total. The Bertz CT molecular complexity index is 652. The Hall–Kier alpha value is -2.08. The zero-order valence-electron chi connectivity index (χ0n) is 12.4. The molecule has 0 amide bonds. The van der Waals surface area contributed by atoms with Crippen molar-refractivity contribution in [3.63, 3.8) is 0 Å². The van der Waals surface area contributed by atoms with Gasteiger partial charge in [0.1, 0.15) is 11.6 Å². The van der Waals surface area contributed by atoms with E-state index >= 15 is 0 Å². The highest BCUT2D eigenvalue weighted by Crippen LogP contribution is 2.28. The molecule has 1 heterocycles. The predicted molar refractivity (Wildman–Crippen MR) is 85.9 cm³/mol. The Kier molecular flexibility index (Phi) is 4.80. The number of ether oxygens (including phenoxy) is 2. The maximum absolute atomic E-state index is 5.83. The number of thiocarbonyl (C=S) groups is 1. The van der Waals surface area contributed by atoms with Gasteiger partial charge >= 0.3 is 0 Å². The molecule has 0 fully saturated rings. The number of hydrogen-bond donors (Lipinski definition) is 1. The van der Waals surface area contributed by atoms with Gasteiger partial charge < -0.3 is 15.2 Å². The maximum Gasteiger partial charge on any atom is 0.161 e. The van der Waals surface area contributed by atoms with Crippen LogP contribution in [0.3, 0.4) is 0 Å². The van der Waals surface area contributed by atoms with Gasteiger partial charge in [0.2, 0.25) is 0 Å². The molecule has 1 aromatic heterocycles. The fourth-order valence-electron chi connectivity index (χ4n) is 2.08. The molecule has 0 unspecified atom stereocenters. The molecular formula is C15H19N3O2S. The van der Waals surface area contributed by atoms with Crippen molar-refractivity contribution in [1.29, 1.82) is 0 Å². The van der Waals surface area contributed by atoms with Gasteiger partial charge in [0.25, 0.3) is 0 Å². The first kappa shape index (κ1) is 15.3. The molecule has 6 heteroatoms. The van der Waals surface area contributed by atoms with E-state index < -0.39 is 0 Å². The van der Waals surface area contributed by atoms with E-state index in [0.717, 1.165) is 23.5 Å². The fraction of sp³-hybridized carbons (Fsp3) is 0.333. The second-order valence-electron chi connectivity index (χ2n) is 4.61. The van der Waals surface area contributed by atoms with Gasteiger partial charge in [0, 0.05) is 12.1 Å². The number of hydrogen-bond acceptors (Lipinski definition) is 4. The average Bonchev–Trinajstić information content (AvgIpc) is 2.84. The molecule has 0 aliphatic rings. The van der Waals surface area contributed by atoms with E-state index in [1.54, 1.807) is 13.2 Å². The summed E-state index contributed by atoms with van der Waals surface area (Å²) in [5.74, 6) is 1.26. The molecule has 0 aliphatic heterocycles. The molecule has 0 bridgehead atoms. The molecular weight excluding hydrogens is 286 g/mol. The van der Waals surface area contributed by atoms with Crippen molar-refractivity contribution in [1.82, 2.24) is 9.78 Å². The summed E-state index contributed by atoms with van der Waals surface area (Å²) in [5.41, 5.74) is 8.37. The van der Waals surface area contributed by atoms with Crippen LogP contribution in [-0.2, 0) is 13.2 Å². The smallest absolute Gasteiger partial charge is 0.161 e. The van der Waals surface area contributed by atoms with Crippen molar-refractivity contribution in [3.8, 4) is 11.5 Å². The molecule has 2 aromatic rings. The zero-order valence-corrected chi connectivity index (χ0v) is 13.2. The minimum absolute atomic E-state index is 0.333. The van der Waals surface area contributed by atoms with Crippen LogP contribution in [0.2, 0.25) is 0 Å². The molecule has 2 rings (SSSR count). The van der Waals surface area contributed by atoms with Crippen LogP contribution in [-0.4, -0.2) is 21.9 Å². The minimum atomic E-state index is 0.333. The fourth-order valence-corrected chi connectivity index (χ4v) is 2.21. The van der Waals surface area contributed by atoms with Gasteiger partial charge in [0.15, 0.2) is 11.5 Å². The number of aromatic nitrogens is 2. The van der Waals surface area contributed by atoms with Crippen LogP contribution in [0.15, 0.2) is 24.3 Å². The van der Waals surface area contributed by atoms with Crippen LogP contribution in [0.4, 0.5) is 0 Å². The van der Waals surface area contributed by atoms with Crippen LogP contribution in [0.25, 0.3) is 0 Å². The number of nitrogens with two attached hydrogens (primary N) is 1. The second-order valence-corrected chi connectivity index (χ2v) is 5.05. The second kappa shape index (κ2) is 6.58. The molecule has 0 aliphatic carbocycles. The van der Waals surface area contributed by atoms with Gasteiger partial charge in [-0.25, -0.2) is 0 Å². The normalized spacial score (nSPS) is 10.4. The van der Waals surface area contributed by atoms with Crippen LogP contribution in [0, 0.1) is 6.92 Å². The third-order valence-electron chi connectivity index (χ3n) is 3.11. The van der Waals surface area contributed by atoms with Gasteiger partial charge in [-0.2, -0.15) is 5.10 Å². The lowest BCUT2D eigenvalue weighted by molar-refractivity contribution is 0.274. The number of aryl methyl sites for hydroxylation is 2. The van der Waals surface area contributed by atoms with Gasteiger partial charge in [-0.1, -0.05) is 12.2 Å². The largest absolute Gasteiger partial charge is 0.493 e. The summed E-state index contributed by atoms with van der Waals surface area (Å²) < 4.78 is 13.1. The summed E-state index contributed by atoms with van der Waals surface area (Å²) in [5, 5.41) is 4.39. The topological polar surface area (TPSA) is 62.3 Å². The first-order chi connectivity index (χ1) is 10.0. The lowest BCUT2D eigenvalue weighted by Crippen LogP contribution is -2.10. The quantitative estimate of drug-likeness (QED) is 0.831. The Morgan fingerprint density at radius 3 is 2.71 bits per heavy atom. The number of benzene rings is 1. The minimum Gasteiger partial charge on any atom is -0.493 e. The Labute approximate surface area is 129 Å². The monoisotopic (exact) mass is 305 g/mol. The summed E-state index contributed by atoms with van der Waals surface area (Å²) in [6.45, 7) is 5.25. The van der Waals surface area contributed by atoms with E-state index in [4.69, 9.17) is 27.4 Å². The van der Waals surface area contributed by atoms with Crippen molar-refractivity contribution in [3.05, 3.63) is 41.2 Å². The van der Waals surface area contributed by atoms with Gasteiger partial charge in [-0.3, -0.25) is 4.68 Å². The van der Waals surface area contributed by atoms with Crippen LogP contribution in [0.5, 0.6) is 11.5 Å². The molecule has 5 nitrogen and oxygen atoms in total. The molecule has 0 saturated heterocycles. The summed E-state index contributed by atoms with van der Waals surface area (Å²) in [6.07, 6.45) is 0. The lowest BCUT2D eigenvalue weighted by Gasteiger charge is -2.12. The predicted octanol–water partition coefficient (Wildman–Crippen LogP) is 2.43. The summed E-state index contributed by atoms with van der Waals surface area (Å²) in [7, 11) is 1.59. The van der Waals surface area contributed by atoms with E-state index in [0.29, 0.717) is 23.1 Å². The Morgan fingerprint density at radius 1 is 1.33 bits per heavy atom. The van der Waals surface area contributed by atoms with E-state index in [9.17, 15) is 0 Å². The average molecular weight is 305 g/mol. The standard InChI is InChI=1S/C15H19N3O2S/c1-4-18-12(7-10(2)17-18)9-20-13-6-5-11(15(16)21)8-14(13)19-3/h5-8H,4,9H2,1-3H3,(H2,16,21). The third-order valence-corrected chi connectivity index (χ3v) is 3.34. The highest BCUT2D eigenvalue weighted by Gasteiger charge is 2.10. The van der Waals surface area contributed by atoms with Gasteiger partial charge in [0.05, 0.1) is 18.5 Å². The van der Waals surface area contributed by atoms with Crippen LogP contribution < -0.4 is 15.2 Å². The van der Waals surface area contributed by atoms with Crippen molar-refractivity contribution < 1.29 is 9.47 Å². The zero-order chi connectivity index (χ0) is 15.4. The SMILES string of the molecule is CCn1nc(C)cc1COc1ccc(C(N)=S)cc1OC. The first-order valence-corrected chi connectivity index (χ1v) is 7.10. The van der Waals surface area contributed by atoms with Crippen LogP contribution in [0.1, 0.15) is 23.9 Å². The van der Waals surface area contributed by atoms with Crippen molar-refractivity contribution >= 4 is 17.2 Å². The molecule has 1 aromatic carbocycles. The first-order valence-electron chi connectivity index (χ1n) is 6.69. The highest BCUT2D eigenvalue weighted by molar-refractivity contribution is 7.80. The van der Waals surface area contributed by atoms with E-state index in [2.05, 4.69) is 5.10 Å². The van der Waals surface area contributed by atoms with Crippen molar-refractivity contribution in [2.24, 2.45) is 5.73 Å². The van der Waals surface area contributed by atoms with Crippen LogP contribution >= 0.6 is 12.2 Å². The number of methoxy groups -OCH3 is 1. The molecule has 0 atom stereocenters. The summed E-state index contributed by atoms with van der Waals surface area (Å²) >= 11 is 4.96. The lowest BCUT2D eigenvalue weighted by atomic mass is 10.2. The Morgan fingerprint density at radius 2 is 2.10 bits per heavy atom.